The van der Waals surface area contributed by atoms with Crippen LogP contribution in [0.5, 0.6) is 5.75 Å². The highest BCUT2D eigenvalue weighted by Gasteiger charge is 2.41. The molecule has 45 heavy (non-hydrogen) atoms. The molecule has 0 bridgehead atoms. The van der Waals surface area contributed by atoms with Crippen LogP contribution in [0, 0.1) is 6.92 Å². The lowest BCUT2D eigenvalue weighted by molar-refractivity contribution is -0.137. The average molecular weight is 658 g/mol. The first-order valence-corrected chi connectivity index (χ1v) is 14.6. The van der Waals surface area contributed by atoms with Gasteiger partial charge >= 0.3 is 18.2 Å². The molecule has 0 spiro atoms. The fourth-order valence-electron chi connectivity index (χ4n) is 5.56. The highest BCUT2D eigenvalue weighted by atomic mass is 35.5. The minimum absolute atomic E-state index is 0.176. The summed E-state index contributed by atoms with van der Waals surface area (Å²) in [5.74, 6) is -0.0445. The quantitative estimate of drug-likeness (QED) is 0.185. The van der Waals surface area contributed by atoms with E-state index >= 15 is 0 Å². The summed E-state index contributed by atoms with van der Waals surface area (Å²) >= 11 is 12.3. The molecule has 1 aliphatic heterocycles. The first-order valence-electron chi connectivity index (χ1n) is 13.8. The summed E-state index contributed by atoms with van der Waals surface area (Å²) in [6, 6.07) is 18.2. The number of nitrogens with zero attached hydrogens (tertiary/aromatic N) is 1. The molecule has 234 valence electrons. The summed E-state index contributed by atoms with van der Waals surface area (Å²) in [4.78, 5) is 26.5. The molecule has 4 aromatic rings. The van der Waals surface area contributed by atoms with Crippen LogP contribution in [0.1, 0.15) is 45.6 Å². The second-order valence-electron chi connectivity index (χ2n) is 10.7. The predicted octanol–water partition coefficient (Wildman–Crippen LogP) is 9.53. The van der Waals surface area contributed by atoms with Gasteiger partial charge in [0.2, 0.25) is 0 Å². The molecule has 0 aliphatic carbocycles. The number of halogens is 5. The Balaban J connectivity index is 1.58. The van der Waals surface area contributed by atoms with Gasteiger partial charge in [0.05, 0.1) is 37.9 Å². The topological polar surface area (TPSA) is 65.1 Å². The summed E-state index contributed by atoms with van der Waals surface area (Å²) in [5, 5.41) is 0.725. The Morgan fingerprint density at radius 2 is 1.60 bits per heavy atom. The predicted molar refractivity (Wildman–Crippen MR) is 166 cm³/mol. The molecule has 0 aromatic heterocycles. The van der Waals surface area contributed by atoms with E-state index in [2.05, 4.69) is 0 Å². The Morgan fingerprint density at radius 1 is 0.911 bits per heavy atom. The lowest BCUT2D eigenvalue weighted by Crippen LogP contribution is -2.31. The van der Waals surface area contributed by atoms with E-state index in [0.29, 0.717) is 38.0 Å². The molecule has 1 heterocycles. The van der Waals surface area contributed by atoms with Crippen LogP contribution in [0.4, 0.5) is 18.0 Å². The van der Waals surface area contributed by atoms with Crippen molar-refractivity contribution in [2.75, 3.05) is 14.2 Å². The molecule has 0 N–H and O–H groups in total. The number of carbonyl (C=O) groups excluding carboxylic acids is 2. The SMILES string of the molecule is COC(=O)c1ccc(-c2ccc(OC)c(-c3ccc(C(F)(F)F)cc3CN3C(=O)OC(c4cc(Cl)cc(Cl)c4)[C@@H]3C)c2)c(C)c1. The van der Waals surface area contributed by atoms with Crippen molar-refractivity contribution in [1.82, 2.24) is 4.90 Å². The molecule has 5 rings (SSSR count). The zero-order valence-corrected chi connectivity index (χ0v) is 26.2. The summed E-state index contributed by atoms with van der Waals surface area (Å²) < 4.78 is 57.9. The second-order valence-corrected chi connectivity index (χ2v) is 11.6. The highest BCUT2D eigenvalue weighted by Crippen LogP contribution is 2.42. The molecular formula is C34H28Cl2F3NO5. The number of aryl methyl sites for hydroxylation is 1. The monoisotopic (exact) mass is 657 g/mol. The second kappa shape index (κ2) is 12.7. The van der Waals surface area contributed by atoms with E-state index in [4.69, 9.17) is 37.4 Å². The standard InChI is InChI=1S/C34H28Cl2F3NO5/c1-18-11-21(32(41)44-4)5-8-27(18)20-6-10-30(43-3)29(15-20)28-9-7-24(34(37,38)39)12-23(28)17-40-19(2)31(45-33(40)42)22-13-25(35)16-26(36)14-22/h5-16,19,31H,17H2,1-4H3/t19-,31?/m0/s1. The van der Waals surface area contributed by atoms with E-state index < -0.39 is 35.9 Å². The number of amides is 1. The minimum atomic E-state index is -4.62. The van der Waals surface area contributed by atoms with Gasteiger partial charge in [-0.2, -0.15) is 13.2 Å². The molecule has 0 radical (unpaired) electrons. The number of esters is 1. The fourth-order valence-corrected chi connectivity index (χ4v) is 6.11. The lowest BCUT2D eigenvalue weighted by atomic mass is 9.91. The maximum Gasteiger partial charge on any atom is 0.416 e. The molecule has 1 unspecified atom stereocenters. The van der Waals surface area contributed by atoms with Crippen molar-refractivity contribution < 1.29 is 37.0 Å². The van der Waals surface area contributed by atoms with Gasteiger partial charge in [0.15, 0.2) is 0 Å². The third-order valence-corrected chi connectivity index (χ3v) is 8.26. The first kappa shape index (κ1) is 32.2. The molecule has 6 nitrogen and oxygen atoms in total. The molecule has 1 amide bonds. The first-order chi connectivity index (χ1) is 21.3. The number of alkyl halides is 3. The van der Waals surface area contributed by atoms with Gasteiger partial charge in [0.1, 0.15) is 11.9 Å². The van der Waals surface area contributed by atoms with Crippen LogP contribution in [0.25, 0.3) is 22.3 Å². The highest BCUT2D eigenvalue weighted by molar-refractivity contribution is 6.34. The van der Waals surface area contributed by atoms with Crippen LogP contribution in [-0.4, -0.2) is 37.2 Å². The number of rotatable bonds is 7. The molecule has 2 atom stereocenters. The van der Waals surface area contributed by atoms with E-state index in [1.54, 1.807) is 49.4 Å². The molecule has 1 aliphatic rings. The number of carbonyl (C=O) groups is 2. The number of methoxy groups -OCH3 is 2. The summed E-state index contributed by atoms with van der Waals surface area (Å²) in [7, 11) is 2.78. The van der Waals surface area contributed by atoms with Crippen molar-refractivity contribution in [3.63, 3.8) is 0 Å². The van der Waals surface area contributed by atoms with Crippen molar-refractivity contribution in [1.29, 1.82) is 0 Å². The lowest BCUT2D eigenvalue weighted by Gasteiger charge is -2.24. The zero-order valence-electron chi connectivity index (χ0n) is 24.7. The van der Waals surface area contributed by atoms with Crippen LogP contribution in [0.3, 0.4) is 0 Å². The van der Waals surface area contributed by atoms with E-state index in [9.17, 15) is 22.8 Å². The van der Waals surface area contributed by atoms with E-state index in [-0.39, 0.29) is 12.1 Å². The van der Waals surface area contributed by atoms with E-state index in [1.165, 1.54) is 25.2 Å². The summed E-state index contributed by atoms with van der Waals surface area (Å²) in [6.07, 6.45) is -6.04. The minimum Gasteiger partial charge on any atom is -0.496 e. The van der Waals surface area contributed by atoms with Crippen LogP contribution >= 0.6 is 23.2 Å². The zero-order chi connectivity index (χ0) is 32.6. The Labute approximate surface area is 268 Å². The third-order valence-electron chi connectivity index (χ3n) is 7.83. The molecule has 1 saturated heterocycles. The van der Waals surface area contributed by atoms with Crippen molar-refractivity contribution >= 4 is 35.3 Å². The fraction of sp³-hybridized carbons (Fsp3) is 0.235. The van der Waals surface area contributed by atoms with Crippen LogP contribution < -0.4 is 4.74 Å². The maximum absolute atomic E-state index is 13.9. The van der Waals surface area contributed by atoms with E-state index in [0.717, 1.165) is 28.8 Å². The average Bonchev–Trinajstić information content (AvgIpc) is 3.28. The Morgan fingerprint density at radius 3 is 2.22 bits per heavy atom. The van der Waals surface area contributed by atoms with Crippen molar-refractivity contribution in [2.45, 2.75) is 38.7 Å². The Hall–Kier alpha value is -4.21. The number of ether oxygens (including phenoxy) is 3. The van der Waals surface area contributed by atoms with Gasteiger partial charge in [-0.15, -0.1) is 0 Å². The van der Waals surface area contributed by atoms with Crippen LogP contribution in [0.15, 0.2) is 72.8 Å². The van der Waals surface area contributed by atoms with Crippen molar-refractivity contribution in [3.8, 4) is 28.0 Å². The van der Waals surface area contributed by atoms with Gasteiger partial charge in [0.25, 0.3) is 0 Å². The molecular weight excluding hydrogens is 630 g/mol. The third kappa shape index (κ3) is 6.60. The molecule has 0 saturated carbocycles. The van der Waals surface area contributed by atoms with Gasteiger partial charge < -0.3 is 14.2 Å². The van der Waals surface area contributed by atoms with Gasteiger partial charge in [0, 0.05) is 15.6 Å². The Kier molecular flexibility index (Phi) is 9.05. The smallest absolute Gasteiger partial charge is 0.416 e. The molecule has 11 heteroatoms. The van der Waals surface area contributed by atoms with Crippen LogP contribution in [-0.2, 0) is 22.2 Å². The van der Waals surface area contributed by atoms with Gasteiger partial charge in [-0.3, -0.25) is 4.90 Å². The Bertz CT molecular complexity index is 1770. The summed E-state index contributed by atoms with van der Waals surface area (Å²) in [6.45, 7) is 3.42. The number of cyclic esters (lactones) is 1. The summed E-state index contributed by atoms with van der Waals surface area (Å²) in [5.41, 5.74) is 3.66. The maximum atomic E-state index is 13.9. The number of hydrogen-bond acceptors (Lipinski definition) is 5. The van der Waals surface area contributed by atoms with Crippen molar-refractivity contribution in [2.24, 2.45) is 0 Å². The normalized spacial score (nSPS) is 16.5. The largest absolute Gasteiger partial charge is 0.496 e. The van der Waals surface area contributed by atoms with Crippen LogP contribution in [0.2, 0.25) is 10.0 Å². The van der Waals surface area contributed by atoms with Gasteiger partial charge in [-0.1, -0.05) is 41.4 Å². The van der Waals surface area contributed by atoms with E-state index in [1.807, 2.05) is 19.1 Å². The van der Waals surface area contributed by atoms with Gasteiger partial charge in [-0.25, -0.2) is 9.59 Å². The number of benzene rings is 4. The number of hydrogen-bond donors (Lipinski definition) is 0. The molecule has 1 fully saturated rings. The van der Waals surface area contributed by atoms with Gasteiger partial charge in [-0.05, 0) is 102 Å². The molecule has 4 aromatic carbocycles. The van der Waals surface area contributed by atoms with Crippen molar-refractivity contribution in [3.05, 3.63) is 111 Å².